The minimum atomic E-state index is -0.0134. The van der Waals surface area contributed by atoms with Crippen LogP contribution in [0.5, 0.6) is 5.75 Å². The summed E-state index contributed by atoms with van der Waals surface area (Å²) >= 11 is 0. The Labute approximate surface area is 154 Å². The van der Waals surface area contributed by atoms with Crippen LogP contribution in [-0.4, -0.2) is 67.1 Å². The summed E-state index contributed by atoms with van der Waals surface area (Å²) < 4.78 is 5.75. The number of rotatable bonds is 4. The number of ether oxygens (including phenoxy) is 1. The third kappa shape index (κ3) is 4.88. The Bertz CT molecular complexity index is 629. The fourth-order valence-corrected chi connectivity index (χ4v) is 3.48. The van der Waals surface area contributed by atoms with E-state index in [-0.39, 0.29) is 18.0 Å². The van der Waals surface area contributed by atoms with E-state index < -0.39 is 0 Å². The third-order valence-electron chi connectivity index (χ3n) is 4.87. The molecule has 0 saturated carbocycles. The van der Waals surface area contributed by atoms with Crippen LogP contribution in [0.15, 0.2) is 24.3 Å². The number of urea groups is 1. The zero-order chi connectivity index (χ0) is 18.4. The Kier molecular flexibility index (Phi) is 6.33. The van der Waals surface area contributed by atoms with Crippen LogP contribution < -0.4 is 15.4 Å². The monoisotopic (exact) mass is 360 g/mol. The molecule has 2 heterocycles. The summed E-state index contributed by atoms with van der Waals surface area (Å²) in [6, 6.07) is 8.11. The molecule has 0 aliphatic carbocycles. The van der Waals surface area contributed by atoms with Gasteiger partial charge in [-0.05, 0) is 25.8 Å². The molecule has 1 fully saturated rings. The van der Waals surface area contributed by atoms with E-state index in [1.165, 1.54) is 0 Å². The average Bonchev–Trinajstić information content (AvgIpc) is 2.84. The van der Waals surface area contributed by atoms with Crippen molar-refractivity contribution >= 4 is 11.9 Å². The Hall–Kier alpha value is -2.28. The van der Waals surface area contributed by atoms with Crippen molar-refractivity contribution in [1.82, 2.24) is 20.4 Å². The van der Waals surface area contributed by atoms with Gasteiger partial charge in [0.15, 0.2) is 0 Å². The van der Waals surface area contributed by atoms with Gasteiger partial charge in [0.05, 0.1) is 6.54 Å². The van der Waals surface area contributed by atoms with Gasteiger partial charge in [-0.25, -0.2) is 4.79 Å². The summed E-state index contributed by atoms with van der Waals surface area (Å²) in [7, 11) is 0. The molecule has 3 amide bonds. The fraction of sp³-hybridized carbons (Fsp3) is 0.579. The normalized spacial score (nSPS) is 18.4. The number of fused-ring (bicyclic) bond motifs is 1. The molecular formula is C19H28N4O3. The lowest BCUT2D eigenvalue weighted by Crippen LogP contribution is -2.50. The van der Waals surface area contributed by atoms with Crippen LogP contribution in [0.3, 0.4) is 0 Å². The number of carbonyl (C=O) groups excluding carboxylic acids is 2. The largest absolute Gasteiger partial charge is 0.492 e. The molecule has 2 aliphatic rings. The smallest absolute Gasteiger partial charge is 0.317 e. The van der Waals surface area contributed by atoms with Crippen LogP contribution in [0.4, 0.5) is 4.79 Å². The number of benzene rings is 1. The van der Waals surface area contributed by atoms with Gasteiger partial charge >= 0.3 is 6.03 Å². The van der Waals surface area contributed by atoms with E-state index in [2.05, 4.69) is 15.5 Å². The first-order valence-corrected chi connectivity index (χ1v) is 9.41. The van der Waals surface area contributed by atoms with Crippen LogP contribution in [-0.2, 0) is 11.3 Å². The predicted octanol–water partition coefficient (Wildman–Crippen LogP) is 1.19. The number of hydrogen-bond acceptors (Lipinski definition) is 4. The number of amides is 3. The minimum absolute atomic E-state index is 0.0134. The van der Waals surface area contributed by atoms with Gasteiger partial charge in [0.25, 0.3) is 0 Å². The second kappa shape index (κ2) is 8.89. The van der Waals surface area contributed by atoms with Gasteiger partial charge in [0.2, 0.25) is 5.91 Å². The van der Waals surface area contributed by atoms with Gasteiger partial charge in [-0.1, -0.05) is 18.2 Å². The molecule has 0 radical (unpaired) electrons. The molecule has 7 nitrogen and oxygen atoms in total. The first kappa shape index (κ1) is 18.5. The highest BCUT2D eigenvalue weighted by atomic mass is 16.5. The molecule has 1 aromatic rings. The van der Waals surface area contributed by atoms with E-state index in [9.17, 15) is 9.59 Å². The van der Waals surface area contributed by atoms with E-state index in [1.54, 1.807) is 0 Å². The van der Waals surface area contributed by atoms with Crippen LogP contribution in [0, 0.1) is 0 Å². The maximum Gasteiger partial charge on any atom is 0.317 e. The number of nitrogens with one attached hydrogen (secondary N) is 2. The van der Waals surface area contributed by atoms with Gasteiger partial charge in [0.1, 0.15) is 12.4 Å². The summed E-state index contributed by atoms with van der Waals surface area (Å²) in [6.07, 6.45) is 1.60. The number of hydrogen-bond donors (Lipinski definition) is 2. The highest BCUT2D eigenvalue weighted by Crippen LogP contribution is 2.22. The first-order valence-electron chi connectivity index (χ1n) is 9.41. The lowest BCUT2D eigenvalue weighted by molar-refractivity contribution is -0.123. The minimum Gasteiger partial charge on any atom is -0.492 e. The van der Waals surface area contributed by atoms with Gasteiger partial charge in [-0.2, -0.15) is 0 Å². The summed E-state index contributed by atoms with van der Waals surface area (Å²) in [5.74, 6) is 0.953. The zero-order valence-electron chi connectivity index (χ0n) is 15.4. The summed E-state index contributed by atoms with van der Waals surface area (Å²) in [5, 5.41) is 5.94. The Morgan fingerprint density at radius 1 is 1.19 bits per heavy atom. The Morgan fingerprint density at radius 3 is 2.73 bits per heavy atom. The number of carbonyl (C=O) groups is 2. The molecule has 0 unspecified atom stereocenters. The van der Waals surface area contributed by atoms with Gasteiger partial charge < -0.3 is 20.3 Å². The third-order valence-corrected chi connectivity index (χ3v) is 4.87. The maximum absolute atomic E-state index is 12.4. The van der Waals surface area contributed by atoms with Crippen molar-refractivity contribution in [1.29, 1.82) is 0 Å². The van der Waals surface area contributed by atoms with Crippen molar-refractivity contribution in [3.05, 3.63) is 29.8 Å². The second-order valence-electron chi connectivity index (χ2n) is 6.83. The van der Waals surface area contributed by atoms with E-state index in [1.807, 2.05) is 36.1 Å². The van der Waals surface area contributed by atoms with E-state index in [0.29, 0.717) is 32.8 Å². The highest BCUT2D eigenvalue weighted by molar-refractivity contribution is 5.78. The van der Waals surface area contributed by atoms with Crippen LogP contribution in [0.1, 0.15) is 25.3 Å². The zero-order valence-corrected chi connectivity index (χ0v) is 15.4. The van der Waals surface area contributed by atoms with Crippen molar-refractivity contribution < 1.29 is 14.3 Å². The summed E-state index contributed by atoms with van der Waals surface area (Å²) in [5.41, 5.74) is 1.12. The lowest BCUT2D eigenvalue weighted by atomic mass is 10.1. The summed E-state index contributed by atoms with van der Waals surface area (Å²) in [6.45, 7) is 6.33. The van der Waals surface area contributed by atoms with Crippen molar-refractivity contribution in [2.45, 2.75) is 32.4 Å². The van der Waals surface area contributed by atoms with Crippen molar-refractivity contribution in [2.75, 3.05) is 39.3 Å². The molecule has 2 aliphatic heterocycles. The summed E-state index contributed by atoms with van der Waals surface area (Å²) in [4.78, 5) is 28.2. The number of piperidine rings is 1. The molecule has 0 bridgehead atoms. The van der Waals surface area contributed by atoms with Crippen LogP contribution in [0.25, 0.3) is 0 Å². The first-order chi connectivity index (χ1) is 12.7. The number of para-hydroxylation sites is 1. The Balaban J connectivity index is 1.44. The van der Waals surface area contributed by atoms with Crippen molar-refractivity contribution in [3.63, 3.8) is 0 Å². The van der Waals surface area contributed by atoms with Crippen LogP contribution >= 0.6 is 0 Å². The average molecular weight is 360 g/mol. The van der Waals surface area contributed by atoms with Crippen molar-refractivity contribution in [2.24, 2.45) is 0 Å². The molecule has 0 atom stereocenters. The number of likely N-dealkylation sites (tertiary alicyclic amines) is 1. The van der Waals surface area contributed by atoms with Gasteiger partial charge in [-0.15, -0.1) is 0 Å². The highest BCUT2D eigenvalue weighted by Gasteiger charge is 2.24. The molecule has 7 heteroatoms. The quantitative estimate of drug-likeness (QED) is 0.846. The van der Waals surface area contributed by atoms with Gasteiger partial charge in [-0.3, -0.25) is 9.69 Å². The topological polar surface area (TPSA) is 73.9 Å². The Morgan fingerprint density at radius 2 is 1.96 bits per heavy atom. The predicted molar refractivity (Wildman–Crippen MR) is 99.0 cm³/mol. The second-order valence-corrected chi connectivity index (χ2v) is 6.83. The molecule has 0 aromatic heterocycles. The molecule has 3 rings (SSSR count). The molecule has 142 valence electrons. The number of nitrogens with zero attached hydrogens (tertiary/aromatic N) is 2. The van der Waals surface area contributed by atoms with E-state index in [4.69, 9.17) is 4.74 Å². The molecule has 1 aromatic carbocycles. The fourth-order valence-electron chi connectivity index (χ4n) is 3.48. The SMILES string of the molecule is CCNC(=O)N1CCC(NC(=O)CN2CCOc3ccccc3C2)CC1. The van der Waals surface area contributed by atoms with Gasteiger partial charge in [0, 0.05) is 44.3 Å². The maximum atomic E-state index is 12.4. The molecule has 26 heavy (non-hydrogen) atoms. The van der Waals surface area contributed by atoms with Crippen molar-refractivity contribution in [3.8, 4) is 5.75 Å². The molecular weight excluding hydrogens is 332 g/mol. The standard InChI is InChI=1S/C19H28N4O3/c1-2-20-19(25)23-9-7-16(8-10-23)21-18(24)14-22-11-12-26-17-6-4-3-5-15(17)13-22/h3-6,16H,2,7-14H2,1H3,(H,20,25)(H,21,24). The molecule has 2 N–H and O–H groups in total. The van der Waals surface area contributed by atoms with E-state index >= 15 is 0 Å². The van der Waals surface area contributed by atoms with Crippen LogP contribution in [0.2, 0.25) is 0 Å². The molecule has 1 saturated heterocycles. The lowest BCUT2D eigenvalue weighted by Gasteiger charge is -2.32. The molecule has 0 spiro atoms. The van der Waals surface area contributed by atoms with E-state index in [0.717, 1.165) is 37.2 Å².